The van der Waals surface area contributed by atoms with E-state index in [-0.39, 0.29) is 6.09 Å². The van der Waals surface area contributed by atoms with Gasteiger partial charge in [0, 0.05) is 12.7 Å². The molecule has 1 heterocycles. The minimum Gasteiger partial charge on any atom is -0.443 e. The fourth-order valence-corrected chi connectivity index (χ4v) is 1.69. The van der Waals surface area contributed by atoms with Gasteiger partial charge in [-0.3, -0.25) is 4.90 Å². The van der Waals surface area contributed by atoms with Crippen molar-refractivity contribution >= 4 is 11.9 Å². The first-order valence-corrected chi connectivity index (χ1v) is 6.96. The van der Waals surface area contributed by atoms with Crippen LogP contribution < -0.4 is 4.90 Å². The van der Waals surface area contributed by atoms with E-state index in [0.29, 0.717) is 12.4 Å². The number of amides is 1. The average molecular weight is 276 g/mol. The van der Waals surface area contributed by atoms with Gasteiger partial charge in [-0.1, -0.05) is 12.1 Å². The lowest BCUT2D eigenvalue weighted by Gasteiger charge is -2.26. The van der Waals surface area contributed by atoms with E-state index >= 15 is 0 Å². The van der Waals surface area contributed by atoms with Gasteiger partial charge in [0.15, 0.2) is 0 Å². The van der Waals surface area contributed by atoms with Crippen molar-refractivity contribution in [1.29, 1.82) is 0 Å². The molecule has 0 saturated carbocycles. The predicted molar refractivity (Wildman–Crippen MR) is 81.9 cm³/mol. The van der Waals surface area contributed by atoms with Gasteiger partial charge in [0.2, 0.25) is 0 Å². The third-order valence-electron chi connectivity index (χ3n) is 2.58. The molecule has 0 aliphatic heterocycles. The molecule has 1 amide bonds. The SMILES string of the molecule is C=CCCCCN(C(=O)OC(C)(C)C)c1ccccn1. The molecule has 0 N–H and O–H groups in total. The van der Waals surface area contributed by atoms with Crippen LogP contribution in [0, 0.1) is 0 Å². The van der Waals surface area contributed by atoms with E-state index in [1.165, 1.54) is 0 Å². The molecular weight excluding hydrogens is 252 g/mol. The van der Waals surface area contributed by atoms with Crippen molar-refractivity contribution in [3.05, 3.63) is 37.1 Å². The van der Waals surface area contributed by atoms with Crippen LogP contribution in [0.25, 0.3) is 0 Å². The fraction of sp³-hybridized carbons (Fsp3) is 0.500. The maximum absolute atomic E-state index is 12.3. The topological polar surface area (TPSA) is 42.4 Å². The second-order valence-electron chi connectivity index (χ2n) is 5.60. The summed E-state index contributed by atoms with van der Waals surface area (Å²) in [5.41, 5.74) is -0.509. The molecule has 0 bridgehead atoms. The smallest absolute Gasteiger partial charge is 0.416 e. The number of hydrogen-bond donors (Lipinski definition) is 0. The van der Waals surface area contributed by atoms with Crippen LogP contribution in [0.5, 0.6) is 0 Å². The summed E-state index contributed by atoms with van der Waals surface area (Å²) < 4.78 is 5.44. The van der Waals surface area contributed by atoms with E-state index in [1.54, 1.807) is 11.1 Å². The minimum absolute atomic E-state index is 0.352. The number of rotatable bonds is 6. The standard InChI is InChI=1S/C16H24N2O2/c1-5-6-7-10-13-18(14-11-8-9-12-17-14)15(19)20-16(2,3)4/h5,8-9,11-12H,1,6-7,10,13H2,2-4H3. The largest absolute Gasteiger partial charge is 0.443 e. The van der Waals surface area contributed by atoms with Gasteiger partial charge in [-0.15, -0.1) is 6.58 Å². The number of ether oxygens (including phenoxy) is 1. The Kier molecular flexibility index (Phi) is 6.22. The van der Waals surface area contributed by atoms with Crippen LogP contribution in [-0.4, -0.2) is 23.2 Å². The molecule has 0 spiro atoms. The second kappa shape index (κ2) is 7.68. The molecule has 4 heteroatoms. The summed E-state index contributed by atoms with van der Waals surface area (Å²) in [6.07, 6.45) is 6.05. The highest BCUT2D eigenvalue weighted by Crippen LogP contribution is 2.16. The summed E-state index contributed by atoms with van der Waals surface area (Å²) in [5.74, 6) is 0.625. The average Bonchev–Trinajstić information content (AvgIpc) is 2.37. The lowest BCUT2D eigenvalue weighted by atomic mass is 10.2. The van der Waals surface area contributed by atoms with Gasteiger partial charge in [0.25, 0.3) is 0 Å². The van der Waals surface area contributed by atoms with E-state index in [4.69, 9.17) is 4.74 Å². The van der Waals surface area contributed by atoms with E-state index in [9.17, 15) is 4.79 Å². The van der Waals surface area contributed by atoms with Crippen LogP contribution in [0.15, 0.2) is 37.1 Å². The summed E-state index contributed by atoms with van der Waals surface area (Å²) in [5, 5.41) is 0. The van der Waals surface area contributed by atoms with Crippen molar-refractivity contribution in [3.63, 3.8) is 0 Å². The molecule has 1 aromatic heterocycles. The van der Waals surface area contributed by atoms with Crippen LogP contribution in [0.1, 0.15) is 40.0 Å². The molecular formula is C16H24N2O2. The number of carbonyl (C=O) groups excluding carboxylic acids is 1. The Balaban J connectivity index is 2.74. The van der Waals surface area contributed by atoms with Gasteiger partial charge in [-0.25, -0.2) is 9.78 Å². The number of nitrogens with zero attached hydrogens (tertiary/aromatic N) is 2. The number of pyridine rings is 1. The Morgan fingerprint density at radius 3 is 2.70 bits per heavy atom. The minimum atomic E-state index is -0.509. The van der Waals surface area contributed by atoms with E-state index in [1.807, 2.05) is 45.0 Å². The zero-order valence-electron chi connectivity index (χ0n) is 12.6. The normalized spacial score (nSPS) is 10.9. The van der Waals surface area contributed by atoms with Crippen molar-refractivity contribution in [2.24, 2.45) is 0 Å². The molecule has 0 saturated heterocycles. The first kappa shape index (κ1) is 16.2. The van der Waals surface area contributed by atoms with Crippen molar-refractivity contribution < 1.29 is 9.53 Å². The Hall–Kier alpha value is -1.84. The van der Waals surface area contributed by atoms with Crippen LogP contribution in [0.4, 0.5) is 10.6 Å². The summed E-state index contributed by atoms with van der Waals surface area (Å²) in [6, 6.07) is 5.51. The number of allylic oxidation sites excluding steroid dienone is 1. The van der Waals surface area contributed by atoms with Crippen molar-refractivity contribution in [3.8, 4) is 0 Å². The summed E-state index contributed by atoms with van der Waals surface area (Å²) in [4.78, 5) is 18.1. The molecule has 0 aromatic carbocycles. The van der Waals surface area contributed by atoms with Crippen molar-refractivity contribution in [2.75, 3.05) is 11.4 Å². The number of aromatic nitrogens is 1. The number of carbonyl (C=O) groups is 1. The van der Waals surface area contributed by atoms with Gasteiger partial charge < -0.3 is 4.74 Å². The number of hydrogen-bond acceptors (Lipinski definition) is 3. The molecule has 1 rings (SSSR count). The number of anilines is 1. The summed E-state index contributed by atoms with van der Waals surface area (Å²) >= 11 is 0. The first-order valence-electron chi connectivity index (χ1n) is 6.96. The highest BCUT2D eigenvalue weighted by atomic mass is 16.6. The maximum Gasteiger partial charge on any atom is 0.416 e. The molecule has 20 heavy (non-hydrogen) atoms. The van der Waals surface area contributed by atoms with Crippen LogP contribution in [-0.2, 0) is 4.74 Å². The van der Waals surface area contributed by atoms with Crippen LogP contribution in [0.2, 0.25) is 0 Å². The van der Waals surface area contributed by atoms with E-state index < -0.39 is 5.60 Å². The Morgan fingerprint density at radius 2 is 2.15 bits per heavy atom. The second-order valence-corrected chi connectivity index (χ2v) is 5.60. The summed E-state index contributed by atoms with van der Waals surface area (Å²) in [6.45, 7) is 9.88. The molecule has 0 aliphatic carbocycles. The predicted octanol–water partition coefficient (Wildman–Crippen LogP) is 4.18. The van der Waals surface area contributed by atoms with Gasteiger partial charge in [0.1, 0.15) is 11.4 Å². The number of unbranched alkanes of at least 4 members (excludes halogenated alkanes) is 2. The van der Waals surface area contributed by atoms with E-state index in [2.05, 4.69) is 11.6 Å². The molecule has 0 aliphatic rings. The van der Waals surface area contributed by atoms with E-state index in [0.717, 1.165) is 19.3 Å². The Bertz CT molecular complexity index is 424. The molecule has 110 valence electrons. The third-order valence-corrected chi connectivity index (χ3v) is 2.58. The van der Waals surface area contributed by atoms with Crippen LogP contribution >= 0.6 is 0 Å². The van der Waals surface area contributed by atoms with Gasteiger partial charge in [-0.2, -0.15) is 0 Å². The highest BCUT2D eigenvalue weighted by molar-refractivity contribution is 5.86. The van der Waals surface area contributed by atoms with Crippen LogP contribution in [0.3, 0.4) is 0 Å². The van der Waals surface area contributed by atoms with Gasteiger partial charge >= 0.3 is 6.09 Å². The molecule has 0 atom stereocenters. The fourth-order valence-electron chi connectivity index (χ4n) is 1.69. The van der Waals surface area contributed by atoms with Gasteiger partial charge in [0.05, 0.1) is 0 Å². The van der Waals surface area contributed by atoms with Gasteiger partial charge in [-0.05, 0) is 52.2 Å². The zero-order chi connectivity index (χ0) is 15.0. The van der Waals surface area contributed by atoms with Crippen molar-refractivity contribution in [2.45, 2.75) is 45.6 Å². The molecule has 0 radical (unpaired) electrons. The Morgan fingerprint density at radius 1 is 1.40 bits per heavy atom. The molecule has 4 nitrogen and oxygen atoms in total. The monoisotopic (exact) mass is 276 g/mol. The Labute approximate surface area is 121 Å². The zero-order valence-corrected chi connectivity index (χ0v) is 12.6. The molecule has 0 unspecified atom stereocenters. The third kappa shape index (κ3) is 5.87. The summed E-state index contributed by atoms with van der Waals surface area (Å²) in [7, 11) is 0. The first-order chi connectivity index (χ1) is 9.44. The lowest BCUT2D eigenvalue weighted by molar-refractivity contribution is 0.0578. The molecule has 1 aromatic rings. The highest BCUT2D eigenvalue weighted by Gasteiger charge is 2.23. The quantitative estimate of drug-likeness (QED) is 0.578. The van der Waals surface area contributed by atoms with Crippen molar-refractivity contribution in [1.82, 2.24) is 4.98 Å². The molecule has 0 fully saturated rings. The lowest BCUT2D eigenvalue weighted by Crippen LogP contribution is -2.38. The maximum atomic E-state index is 12.3.